The molecule has 4 unspecified atom stereocenters. The molecule has 4 atom stereocenters. The first kappa shape index (κ1) is 36.9. The summed E-state index contributed by atoms with van der Waals surface area (Å²) in [6, 6.07) is 41.3. The SMILES string of the molecule is CC(C)(C)[Si](OCC1SC(n2cnc(N)nc2=O)C(F)C1O[Si](c1ccccc1)(c1ccccc1)C(C)(C)C)(c1ccccc1)c1ccccc1. The fourth-order valence-corrected chi connectivity index (χ4v) is 18.6. The van der Waals surface area contributed by atoms with Crippen molar-refractivity contribution in [2.24, 2.45) is 0 Å². The second-order valence-electron chi connectivity index (χ2n) is 15.1. The second-order valence-corrected chi connectivity index (χ2v) is 25.1. The highest BCUT2D eigenvalue weighted by molar-refractivity contribution is 8.00. The zero-order valence-electron chi connectivity index (χ0n) is 30.1. The van der Waals surface area contributed by atoms with Gasteiger partial charge in [0.2, 0.25) is 5.95 Å². The highest BCUT2D eigenvalue weighted by atomic mass is 32.2. The summed E-state index contributed by atoms with van der Waals surface area (Å²) in [7, 11) is -6.23. The van der Waals surface area contributed by atoms with Crippen LogP contribution in [-0.2, 0) is 8.85 Å². The highest BCUT2D eigenvalue weighted by Gasteiger charge is 2.58. The van der Waals surface area contributed by atoms with Crippen molar-refractivity contribution in [1.29, 1.82) is 0 Å². The van der Waals surface area contributed by atoms with Gasteiger partial charge in [0.15, 0.2) is 6.17 Å². The van der Waals surface area contributed by atoms with Crippen LogP contribution in [0.1, 0.15) is 46.9 Å². The standard InChI is InChI=1S/C40H47FN4O3SSi2/c1-39(2,3)50(29-19-11-7-12-20-29,30-21-13-8-14-22-30)47-27-33-35(34(41)36(49-33)45-28-43-37(42)44-38(45)46)48-51(40(4,5)6,31-23-15-9-16-24-31)32-25-17-10-18-26-32/h7-26,28,33-36H,27H2,1-6H3,(H2,42,44,46). The van der Waals surface area contributed by atoms with Gasteiger partial charge >= 0.3 is 5.69 Å². The number of nitrogens with two attached hydrogens (primary N) is 1. The van der Waals surface area contributed by atoms with E-state index in [2.05, 4.69) is 124 Å². The fourth-order valence-electron chi connectivity index (χ4n) is 7.59. The lowest BCUT2D eigenvalue weighted by atomic mass is 10.1. The molecule has 51 heavy (non-hydrogen) atoms. The Morgan fingerprint density at radius 3 is 1.53 bits per heavy atom. The van der Waals surface area contributed by atoms with E-state index in [1.165, 1.54) is 22.7 Å². The Hall–Kier alpha value is -3.88. The van der Waals surface area contributed by atoms with Crippen LogP contribution in [0.5, 0.6) is 0 Å². The molecule has 5 aromatic rings. The quantitative estimate of drug-likeness (QED) is 0.184. The van der Waals surface area contributed by atoms with Crippen molar-refractivity contribution in [3.8, 4) is 0 Å². The molecule has 0 spiro atoms. The molecular weight excluding hydrogens is 692 g/mol. The van der Waals surface area contributed by atoms with Gasteiger partial charge in [0.05, 0.1) is 11.4 Å². The van der Waals surface area contributed by atoms with E-state index in [0.717, 1.165) is 20.7 Å². The molecule has 0 saturated carbocycles. The highest BCUT2D eigenvalue weighted by Crippen LogP contribution is 2.49. The Bertz CT molecular complexity index is 1880. The monoisotopic (exact) mass is 738 g/mol. The molecule has 2 heterocycles. The van der Waals surface area contributed by atoms with Gasteiger partial charge in [-0.05, 0) is 30.8 Å². The largest absolute Gasteiger partial charge is 0.406 e. The van der Waals surface area contributed by atoms with Gasteiger partial charge in [0.1, 0.15) is 11.7 Å². The topological polar surface area (TPSA) is 92.3 Å². The molecule has 1 fully saturated rings. The zero-order chi connectivity index (χ0) is 36.4. The summed E-state index contributed by atoms with van der Waals surface area (Å²) >= 11 is 1.34. The van der Waals surface area contributed by atoms with Crippen LogP contribution in [0.25, 0.3) is 0 Å². The van der Waals surface area contributed by atoms with Gasteiger partial charge in [-0.25, -0.2) is 14.2 Å². The molecule has 0 radical (unpaired) electrons. The third-order valence-corrected chi connectivity index (χ3v) is 21.5. The van der Waals surface area contributed by atoms with Crippen LogP contribution in [0.4, 0.5) is 10.3 Å². The van der Waals surface area contributed by atoms with Gasteiger partial charge in [-0.1, -0.05) is 163 Å². The molecule has 4 aromatic carbocycles. The van der Waals surface area contributed by atoms with Gasteiger partial charge in [-0.2, -0.15) is 4.98 Å². The summed E-state index contributed by atoms with van der Waals surface area (Å²) in [6.45, 7) is 13.4. The van der Waals surface area contributed by atoms with Crippen molar-refractivity contribution >= 4 is 55.1 Å². The predicted molar refractivity (Wildman–Crippen MR) is 212 cm³/mol. The van der Waals surface area contributed by atoms with Gasteiger partial charge in [-0.15, -0.1) is 11.8 Å². The zero-order valence-corrected chi connectivity index (χ0v) is 32.9. The molecule has 266 valence electrons. The summed E-state index contributed by atoms with van der Waals surface area (Å²) in [5.74, 6) is -0.152. The Labute approximate surface area is 306 Å². The number of aromatic nitrogens is 3. The number of rotatable bonds is 10. The van der Waals surface area contributed by atoms with Crippen LogP contribution in [0, 0.1) is 0 Å². The molecule has 1 aliphatic rings. The number of alkyl halides is 1. The third-order valence-electron chi connectivity index (χ3n) is 9.90. The maximum absolute atomic E-state index is 17.5. The maximum atomic E-state index is 17.5. The van der Waals surface area contributed by atoms with Crippen molar-refractivity contribution in [3.05, 3.63) is 138 Å². The number of benzene rings is 4. The number of anilines is 1. The van der Waals surface area contributed by atoms with Crippen molar-refractivity contribution in [2.45, 2.75) is 74.5 Å². The summed E-state index contributed by atoms with van der Waals surface area (Å²) < 4.78 is 33.7. The molecule has 0 amide bonds. The lowest BCUT2D eigenvalue weighted by molar-refractivity contribution is 0.0759. The van der Waals surface area contributed by atoms with E-state index in [-0.39, 0.29) is 17.6 Å². The van der Waals surface area contributed by atoms with E-state index in [1.54, 1.807) is 0 Å². The lowest BCUT2D eigenvalue weighted by Crippen LogP contribution is -2.69. The van der Waals surface area contributed by atoms with Crippen LogP contribution >= 0.6 is 11.8 Å². The van der Waals surface area contributed by atoms with Gasteiger partial charge in [0.25, 0.3) is 16.6 Å². The van der Waals surface area contributed by atoms with Crippen molar-refractivity contribution in [2.75, 3.05) is 12.3 Å². The first-order valence-corrected chi connectivity index (χ1v) is 22.1. The Kier molecular flexibility index (Phi) is 10.6. The van der Waals surface area contributed by atoms with Gasteiger partial charge < -0.3 is 14.6 Å². The number of nitrogen functional groups attached to an aromatic ring is 1. The predicted octanol–water partition coefficient (Wildman–Crippen LogP) is 5.69. The smallest absolute Gasteiger partial charge is 0.353 e. The number of hydrogen-bond donors (Lipinski definition) is 1. The number of nitrogens with zero attached hydrogens (tertiary/aromatic N) is 3. The average Bonchev–Trinajstić information content (AvgIpc) is 3.41. The van der Waals surface area contributed by atoms with E-state index in [0.29, 0.717) is 0 Å². The van der Waals surface area contributed by atoms with E-state index < -0.39 is 50.3 Å². The minimum absolute atomic E-state index is 0.152. The van der Waals surface area contributed by atoms with E-state index in [1.807, 2.05) is 48.5 Å². The van der Waals surface area contributed by atoms with Crippen LogP contribution in [-0.4, -0.2) is 55.3 Å². The molecule has 6 rings (SSSR count). The fraction of sp³-hybridized carbons (Fsp3) is 0.325. The number of hydrogen-bond acceptors (Lipinski definition) is 7. The van der Waals surface area contributed by atoms with Crippen LogP contribution in [0.3, 0.4) is 0 Å². The average molecular weight is 739 g/mol. The third kappa shape index (κ3) is 6.89. The molecule has 1 aliphatic heterocycles. The Morgan fingerprint density at radius 2 is 1.14 bits per heavy atom. The maximum Gasteiger partial charge on any atom is 0.353 e. The molecule has 0 aliphatic carbocycles. The van der Waals surface area contributed by atoms with E-state index >= 15 is 4.39 Å². The molecule has 7 nitrogen and oxygen atoms in total. The first-order chi connectivity index (χ1) is 24.3. The number of thioether (sulfide) groups is 1. The number of halogens is 1. The summed E-state index contributed by atoms with van der Waals surface area (Å²) in [6.07, 6.45) is -1.23. The molecule has 1 aromatic heterocycles. The van der Waals surface area contributed by atoms with Crippen molar-refractivity contribution in [3.63, 3.8) is 0 Å². The van der Waals surface area contributed by atoms with Crippen LogP contribution in [0.15, 0.2) is 132 Å². The minimum atomic E-state index is -3.23. The van der Waals surface area contributed by atoms with Crippen LogP contribution < -0.4 is 32.2 Å². The van der Waals surface area contributed by atoms with Gasteiger partial charge in [0, 0.05) is 6.61 Å². The summed E-state index contributed by atoms with van der Waals surface area (Å²) in [5, 5.41) is 2.23. The minimum Gasteiger partial charge on any atom is -0.406 e. The van der Waals surface area contributed by atoms with Crippen LogP contribution in [0.2, 0.25) is 10.1 Å². The molecule has 2 N–H and O–H groups in total. The Balaban J connectivity index is 1.51. The summed E-state index contributed by atoms with van der Waals surface area (Å²) in [5.41, 5.74) is 5.10. The normalized spacial score (nSPS) is 20.0. The van der Waals surface area contributed by atoms with E-state index in [9.17, 15) is 4.79 Å². The first-order valence-electron chi connectivity index (χ1n) is 17.3. The Morgan fingerprint density at radius 1 is 0.725 bits per heavy atom. The molecule has 0 bridgehead atoms. The molecular formula is C40H47FN4O3SSi2. The second kappa shape index (κ2) is 14.6. The van der Waals surface area contributed by atoms with Crippen molar-refractivity contribution in [1.82, 2.24) is 14.5 Å². The lowest BCUT2D eigenvalue weighted by Gasteiger charge is -2.46. The summed E-state index contributed by atoms with van der Waals surface area (Å²) in [4.78, 5) is 21.1. The molecule has 1 saturated heterocycles. The van der Waals surface area contributed by atoms with Crippen molar-refractivity contribution < 1.29 is 13.2 Å². The van der Waals surface area contributed by atoms with Gasteiger partial charge in [-0.3, -0.25) is 4.57 Å². The molecule has 11 heteroatoms. The van der Waals surface area contributed by atoms with E-state index in [4.69, 9.17) is 14.6 Å².